The quantitative estimate of drug-likeness (QED) is 0.239. The number of nitro benzene ring substituents is 1. The fourth-order valence-corrected chi connectivity index (χ4v) is 5.62. The molecule has 0 aliphatic carbocycles. The number of rotatable bonds is 9. The molecule has 2 aliphatic rings. The largest absolute Gasteiger partial charge is 0.392 e. The molecule has 5 rings (SSSR count). The average Bonchev–Trinajstić information content (AvgIpc) is 3.03. The fourth-order valence-electron chi connectivity index (χ4n) is 5.62. The molecule has 2 aliphatic heterocycles. The number of hydrogen-bond donors (Lipinski definition) is 3. The summed E-state index contributed by atoms with van der Waals surface area (Å²) in [5.74, 6) is 0.0580. The van der Waals surface area contributed by atoms with Gasteiger partial charge in [-0.25, -0.2) is 4.79 Å². The maximum Gasteiger partial charge on any atom is 0.319 e. The predicted octanol–water partition coefficient (Wildman–Crippen LogP) is 4.84. The number of benzene rings is 3. The van der Waals surface area contributed by atoms with Gasteiger partial charge in [0.15, 0.2) is 6.29 Å². The first-order valence-electron chi connectivity index (χ1n) is 14.7. The zero-order valence-electron chi connectivity index (χ0n) is 24.5. The van der Waals surface area contributed by atoms with Crippen LogP contribution in [0.4, 0.5) is 21.9 Å². The maximum atomic E-state index is 11.9. The highest BCUT2D eigenvalue weighted by Gasteiger charge is 2.39. The van der Waals surface area contributed by atoms with E-state index < -0.39 is 6.29 Å². The minimum atomic E-state index is -0.594. The molecule has 0 aromatic heterocycles. The molecule has 2 saturated heterocycles. The highest BCUT2D eigenvalue weighted by molar-refractivity contribution is 5.89. The van der Waals surface area contributed by atoms with Crippen molar-refractivity contribution in [2.45, 2.75) is 39.0 Å². The Bertz CT molecular complexity index is 1360. The van der Waals surface area contributed by atoms with Gasteiger partial charge in [0.1, 0.15) is 0 Å². The summed E-state index contributed by atoms with van der Waals surface area (Å²) in [5.41, 5.74) is 4.49. The van der Waals surface area contributed by atoms with Crippen LogP contribution in [0.25, 0.3) is 0 Å². The molecule has 228 valence electrons. The lowest BCUT2D eigenvalue weighted by atomic mass is 9.90. The molecule has 11 heteroatoms. The van der Waals surface area contributed by atoms with E-state index >= 15 is 0 Å². The van der Waals surface area contributed by atoms with Crippen molar-refractivity contribution in [2.75, 3.05) is 49.5 Å². The van der Waals surface area contributed by atoms with Crippen LogP contribution in [0, 0.1) is 16.0 Å². The number of aliphatic hydroxyl groups is 1. The first kappa shape index (κ1) is 30.4. The number of aliphatic hydroxyl groups excluding tert-OH is 1. The molecule has 3 N–H and O–H groups in total. The number of anilines is 2. The third kappa shape index (κ3) is 7.49. The van der Waals surface area contributed by atoms with Gasteiger partial charge in [0.05, 0.1) is 23.7 Å². The van der Waals surface area contributed by atoms with Crippen molar-refractivity contribution in [2.24, 2.45) is 5.92 Å². The standard InChI is InChI=1S/C32H39N5O6/c1-3-33-32(39)34-26-10-8-25(9-11-26)31-42-29(22(2)30(43-31)24-6-4-23(21-38)5-7-24)20-35-16-18-36(19-17-35)27-12-14-28(15-13-27)37(40)41/h4-15,22,29-31,38H,3,16-21H2,1-2H3,(H2,33,34,39)/t22-,29+,30+,31+/m1/s1. The molecule has 2 fully saturated rings. The first-order chi connectivity index (χ1) is 20.8. The normalized spacial score (nSPS) is 22.6. The van der Waals surface area contributed by atoms with Crippen LogP contribution >= 0.6 is 0 Å². The van der Waals surface area contributed by atoms with Gasteiger partial charge in [-0.3, -0.25) is 15.0 Å². The van der Waals surface area contributed by atoms with Crippen molar-refractivity contribution in [3.05, 3.63) is 99.6 Å². The molecule has 43 heavy (non-hydrogen) atoms. The van der Waals surface area contributed by atoms with Crippen molar-refractivity contribution < 1.29 is 24.3 Å². The van der Waals surface area contributed by atoms with Crippen LogP contribution in [-0.4, -0.2) is 66.3 Å². The van der Waals surface area contributed by atoms with Gasteiger partial charge in [-0.05, 0) is 42.3 Å². The number of nitrogens with one attached hydrogen (secondary N) is 2. The van der Waals surface area contributed by atoms with Crippen molar-refractivity contribution in [1.29, 1.82) is 0 Å². The summed E-state index contributed by atoms with van der Waals surface area (Å²) in [6.45, 7) is 8.57. The van der Waals surface area contributed by atoms with Gasteiger partial charge < -0.3 is 30.1 Å². The fraction of sp³-hybridized carbons (Fsp3) is 0.406. The van der Waals surface area contributed by atoms with Gasteiger partial charge in [-0.1, -0.05) is 43.3 Å². The lowest BCUT2D eigenvalue weighted by molar-refractivity contribution is -0.384. The summed E-state index contributed by atoms with van der Waals surface area (Å²) in [5, 5.41) is 26.1. The van der Waals surface area contributed by atoms with Gasteiger partial charge >= 0.3 is 6.03 Å². The second kappa shape index (κ2) is 14.0. The van der Waals surface area contributed by atoms with Crippen LogP contribution in [0.1, 0.15) is 42.9 Å². The van der Waals surface area contributed by atoms with Gasteiger partial charge in [0, 0.05) is 74.3 Å². The summed E-state index contributed by atoms with van der Waals surface area (Å²) in [6, 6.07) is 21.8. The third-order valence-electron chi connectivity index (χ3n) is 8.14. The Morgan fingerprint density at radius 3 is 2.21 bits per heavy atom. The number of amides is 2. The SMILES string of the molecule is CCNC(=O)Nc1ccc([C@H]2O[C@@H](CN3CCN(c4ccc([N+](=O)[O-])cc4)CC3)[C@@H](C)[C@@H](c3ccc(CO)cc3)O2)cc1. The molecule has 0 bridgehead atoms. The topological polar surface area (TPSA) is 129 Å². The van der Waals surface area contributed by atoms with E-state index in [-0.39, 0.29) is 41.4 Å². The highest BCUT2D eigenvalue weighted by atomic mass is 16.7. The van der Waals surface area contributed by atoms with Crippen molar-refractivity contribution in [3.8, 4) is 0 Å². The van der Waals surface area contributed by atoms with Crippen LogP contribution in [0.3, 0.4) is 0 Å². The second-order valence-corrected chi connectivity index (χ2v) is 11.0. The lowest BCUT2D eigenvalue weighted by Crippen LogP contribution is -2.51. The molecular formula is C32H39N5O6. The van der Waals surface area contributed by atoms with E-state index in [0.29, 0.717) is 12.2 Å². The van der Waals surface area contributed by atoms with Crippen LogP contribution in [0.15, 0.2) is 72.8 Å². The van der Waals surface area contributed by atoms with Crippen molar-refractivity contribution >= 4 is 23.1 Å². The summed E-state index contributed by atoms with van der Waals surface area (Å²) < 4.78 is 13.2. The Kier molecular flexibility index (Phi) is 9.88. The van der Waals surface area contributed by atoms with Gasteiger partial charge in [-0.15, -0.1) is 0 Å². The van der Waals surface area contributed by atoms with E-state index in [4.69, 9.17) is 9.47 Å². The number of hydrogen-bond acceptors (Lipinski definition) is 8. The third-order valence-corrected chi connectivity index (χ3v) is 8.14. The molecule has 2 heterocycles. The van der Waals surface area contributed by atoms with Crippen molar-refractivity contribution in [1.82, 2.24) is 10.2 Å². The van der Waals surface area contributed by atoms with Gasteiger partial charge in [-0.2, -0.15) is 0 Å². The molecule has 2 amide bonds. The average molecular weight is 590 g/mol. The Labute approximate surface area is 251 Å². The zero-order valence-corrected chi connectivity index (χ0v) is 24.5. The molecule has 0 saturated carbocycles. The monoisotopic (exact) mass is 589 g/mol. The number of nitrogens with zero attached hydrogens (tertiary/aromatic N) is 3. The number of nitro groups is 1. The van der Waals surface area contributed by atoms with Crippen LogP contribution < -0.4 is 15.5 Å². The number of ether oxygens (including phenoxy) is 2. The van der Waals surface area contributed by atoms with E-state index in [9.17, 15) is 20.0 Å². The van der Waals surface area contributed by atoms with Gasteiger partial charge in [0.25, 0.3) is 5.69 Å². The Hall–Kier alpha value is -4.03. The van der Waals surface area contributed by atoms with E-state index in [2.05, 4.69) is 27.4 Å². The molecule has 3 aromatic rings. The summed E-state index contributed by atoms with van der Waals surface area (Å²) in [4.78, 5) is 27.2. The number of non-ortho nitro benzene ring substituents is 1. The minimum Gasteiger partial charge on any atom is -0.392 e. The Morgan fingerprint density at radius 1 is 0.953 bits per heavy atom. The number of carbonyl (C=O) groups is 1. The van der Waals surface area contributed by atoms with Crippen LogP contribution in [0.5, 0.6) is 0 Å². The van der Waals surface area contributed by atoms with Crippen molar-refractivity contribution in [3.63, 3.8) is 0 Å². The summed E-state index contributed by atoms with van der Waals surface area (Å²) >= 11 is 0. The van der Waals surface area contributed by atoms with Gasteiger partial charge in [0.2, 0.25) is 0 Å². The molecule has 0 radical (unpaired) electrons. The van der Waals surface area contributed by atoms with Crippen LogP contribution in [-0.2, 0) is 16.1 Å². The second-order valence-electron chi connectivity index (χ2n) is 11.0. The van der Waals surface area contributed by atoms with E-state index in [1.165, 1.54) is 0 Å². The molecule has 3 aromatic carbocycles. The molecule has 0 spiro atoms. The predicted molar refractivity (Wildman–Crippen MR) is 164 cm³/mol. The number of urea groups is 1. The van der Waals surface area contributed by atoms with E-state index in [0.717, 1.165) is 55.1 Å². The lowest BCUT2D eigenvalue weighted by Gasteiger charge is -2.44. The molecule has 0 unspecified atom stereocenters. The van der Waals surface area contributed by atoms with Crippen LogP contribution in [0.2, 0.25) is 0 Å². The van der Waals surface area contributed by atoms with E-state index in [1.807, 2.05) is 67.6 Å². The molecule has 11 nitrogen and oxygen atoms in total. The Morgan fingerprint density at radius 2 is 1.60 bits per heavy atom. The molecule has 4 atom stereocenters. The number of piperazine rings is 1. The summed E-state index contributed by atoms with van der Waals surface area (Å²) in [6.07, 6.45) is -0.921. The zero-order chi connectivity index (χ0) is 30.3. The van der Waals surface area contributed by atoms with E-state index in [1.54, 1.807) is 12.1 Å². The smallest absolute Gasteiger partial charge is 0.319 e. The maximum absolute atomic E-state index is 11.9. The first-order valence-corrected chi connectivity index (χ1v) is 14.7. The Balaban J connectivity index is 1.28. The number of carbonyl (C=O) groups excluding carboxylic acids is 1. The minimum absolute atomic E-state index is 0.0156. The molecular weight excluding hydrogens is 550 g/mol. The highest BCUT2D eigenvalue weighted by Crippen LogP contribution is 2.42. The summed E-state index contributed by atoms with van der Waals surface area (Å²) in [7, 11) is 0.